The van der Waals surface area contributed by atoms with Crippen LogP contribution < -0.4 is 0 Å². The second kappa shape index (κ2) is 10.0. The first kappa shape index (κ1) is 19.4. The Labute approximate surface area is 109 Å². The van der Waals surface area contributed by atoms with E-state index in [4.69, 9.17) is 4.55 Å². The largest absolute Gasteiger partial charge is 0.463 e. The van der Waals surface area contributed by atoms with Crippen molar-refractivity contribution in [1.29, 1.82) is 0 Å². The van der Waals surface area contributed by atoms with Crippen LogP contribution in [0.25, 0.3) is 0 Å². The summed E-state index contributed by atoms with van der Waals surface area (Å²) in [4.78, 5) is 11.6. The smallest absolute Gasteiger partial charge is 0.330 e. The molecular weight excluding hydrogens is 258 g/mol. The summed E-state index contributed by atoms with van der Waals surface area (Å²) in [5.41, 5.74) is 0. The van der Waals surface area contributed by atoms with Crippen molar-refractivity contribution in [3.8, 4) is 0 Å². The van der Waals surface area contributed by atoms with E-state index >= 15 is 0 Å². The second-order valence-corrected chi connectivity index (χ2v) is 5.25. The molecule has 0 aliphatic heterocycles. The fourth-order valence-electron chi connectivity index (χ4n) is 1.12. The molecule has 108 valence electrons. The second-order valence-electron chi connectivity index (χ2n) is 3.68. The lowest BCUT2D eigenvalue weighted by Gasteiger charge is -2.19. The number of carbonyl (C=O) groups excluding carboxylic acids is 1. The van der Waals surface area contributed by atoms with Crippen LogP contribution >= 0.6 is 0 Å². The molecule has 0 aromatic heterocycles. The van der Waals surface area contributed by atoms with E-state index in [2.05, 4.69) is 11.3 Å². The zero-order valence-electron chi connectivity index (χ0n) is 11.4. The van der Waals surface area contributed by atoms with E-state index in [1.54, 1.807) is 21.0 Å². The van der Waals surface area contributed by atoms with Crippen molar-refractivity contribution < 1.29 is 22.5 Å². The molecule has 0 fully saturated rings. The first-order chi connectivity index (χ1) is 8.20. The molecule has 0 spiro atoms. The Morgan fingerprint density at radius 1 is 1.44 bits per heavy atom. The minimum Gasteiger partial charge on any atom is -0.463 e. The third-order valence-corrected chi connectivity index (χ3v) is 3.25. The van der Waals surface area contributed by atoms with E-state index < -0.39 is 15.5 Å². The summed E-state index contributed by atoms with van der Waals surface area (Å²) in [6.45, 7) is 7.25. The Morgan fingerprint density at radius 2 is 1.94 bits per heavy atom. The van der Waals surface area contributed by atoms with Crippen LogP contribution in [-0.4, -0.2) is 49.9 Å². The van der Waals surface area contributed by atoms with Gasteiger partial charge in [-0.3, -0.25) is 9.45 Å². The van der Waals surface area contributed by atoms with Crippen molar-refractivity contribution >= 4 is 16.1 Å². The lowest BCUT2D eigenvalue weighted by Crippen LogP contribution is -2.35. The molecule has 1 unspecified atom stereocenters. The van der Waals surface area contributed by atoms with Gasteiger partial charge in [0.1, 0.15) is 5.37 Å². The Bertz CT molecular complexity index is 337. The Balaban J connectivity index is 0. The minimum atomic E-state index is -3.90. The van der Waals surface area contributed by atoms with Crippen LogP contribution in [0.1, 0.15) is 26.7 Å². The Hall–Kier alpha value is -0.920. The number of ether oxygens (including phenoxy) is 1. The van der Waals surface area contributed by atoms with E-state index in [1.807, 2.05) is 6.92 Å². The predicted octanol–water partition coefficient (Wildman–Crippen LogP) is 1.30. The van der Waals surface area contributed by atoms with Crippen molar-refractivity contribution in [2.45, 2.75) is 32.1 Å². The molecule has 0 saturated heterocycles. The number of rotatable bonds is 6. The molecule has 0 heterocycles. The third-order valence-electron chi connectivity index (χ3n) is 1.91. The average Bonchev–Trinajstić information content (AvgIpc) is 2.25. The topological polar surface area (TPSA) is 83.9 Å². The van der Waals surface area contributed by atoms with Crippen LogP contribution in [0.5, 0.6) is 0 Å². The van der Waals surface area contributed by atoms with Gasteiger partial charge in [-0.15, -0.1) is 0 Å². The molecule has 0 aromatic carbocycles. The van der Waals surface area contributed by atoms with Gasteiger partial charge < -0.3 is 4.74 Å². The molecule has 0 aliphatic carbocycles. The summed E-state index contributed by atoms with van der Waals surface area (Å²) < 4.78 is 34.5. The van der Waals surface area contributed by atoms with Gasteiger partial charge in [0.25, 0.3) is 10.1 Å². The fourth-order valence-corrected chi connectivity index (χ4v) is 2.19. The van der Waals surface area contributed by atoms with Crippen molar-refractivity contribution in [2.24, 2.45) is 0 Å². The summed E-state index contributed by atoms with van der Waals surface area (Å²) in [5.74, 6) is -0.359. The van der Waals surface area contributed by atoms with E-state index in [0.717, 1.165) is 12.5 Å². The molecule has 6 nitrogen and oxygen atoms in total. The van der Waals surface area contributed by atoms with Crippen molar-refractivity contribution in [2.75, 3.05) is 20.7 Å². The van der Waals surface area contributed by atoms with Gasteiger partial charge in [-0.2, -0.15) is 8.42 Å². The number of hydrogen-bond acceptors (Lipinski definition) is 5. The number of hydrogen-bond donors (Lipinski definition) is 1. The normalized spacial score (nSPS) is 12.3. The maximum atomic E-state index is 10.7. The van der Waals surface area contributed by atoms with Gasteiger partial charge in [-0.1, -0.05) is 19.9 Å². The molecule has 0 bridgehead atoms. The summed E-state index contributed by atoms with van der Waals surface area (Å²) in [6, 6.07) is 0. The van der Waals surface area contributed by atoms with E-state index in [0.29, 0.717) is 13.0 Å². The molecule has 0 saturated carbocycles. The Kier molecular flexibility index (Phi) is 10.8. The van der Waals surface area contributed by atoms with Crippen LogP contribution in [0.15, 0.2) is 12.7 Å². The molecule has 0 amide bonds. The van der Waals surface area contributed by atoms with Gasteiger partial charge >= 0.3 is 5.97 Å². The lowest BCUT2D eigenvalue weighted by molar-refractivity contribution is -0.137. The first-order valence-electron chi connectivity index (χ1n) is 5.62. The standard InChI is InChI=1S/C6H15NO3S.C5H8O2/c1-4-5-6(7(2)3)11(8,9)10;1-3-5(6)7-4-2/h6H,4-5H2,1-3H3,(H,8,9,10);3H,1,4H2,2H3. The van der Waals surface area contributed by atoms with E-state index in [-0.39, 0.29) is 5.97 Å². The minimum absolute atomic E-state index is 0.359. The molecule has 1 N–H and O–H groups in total. The fraction of sp³-hybridized carbons (Fsp3) is 0.727. The van der Waals surface area contributed by atoms with E-state index in [9.17, 15) is 13.2 Å². The zero-order valence-corrected chi connectivity index (χ0v) is 12.2. The summed E-state index contributed by atoms with van der Waals surface area (Å²) >= 11 is 0. The highest BCUT2D eigenvalue weighted by atomic mass is 32.2. The monoisotopic (exact) mass is 281 g/mol. The quantitative estimate of drug-likeness (QED) is 0.449. The lowest BCUT2D eigenvalue weighted by atomic mass is 10.3. The molecule has 0 radical (unpaired) electrons. The average molecular weight is 281 g/mol. The maximum Gasteiger partial charge on any atom is 0.330 e. The first-order valence-corrected chi connectivity index (χ1v) is 7.12. The van der Waals surface area contributed by atoms with Gasteiger partial charge in [-0.25, -0.2) is 4.79 Å². The summed E-state index contributed by atoms with van der Waals surface area (Å²) in [6.07, 6.45) is 2.35. The third kappa shape index (κ3) is 10.2. The summed E-state index contributed by atoms with van der Waals surface area (Å²) in [5, 5.41) is -0.757. The van der Waals surface area contributed by atoms with Crippen LogP contribution in [0, 0.1) is 0 Å². The molecule has 1 atom stereocenters. The van der Waals surface area contributed by atoms with Crippen LogP contribution in [0.2, 0.25) is 0 Å². The highest BCUT2D eigenvalue weighted by molar-refractivity contribution is 7.86. The van der Waals surface area contributed by atoms with Gasteiger partial charge in [0, 0.05) is 6.08 Å². The predicted molar refractivity (Wildman–Crippen MR) is 70.8 cm³/mol. The molecule has 0 aliphatic rings. The van der Waals surface area contributed by atoms with Crippen molar-refractivity contribution in [3.05, 3.63) is 12.7 Å². The number of esters is 1. The molecule has 7 heteroatoms. The highest BCUT2D eigenvalue weighted by Gasteiger charge is 2.23. The summed E-state index contributed by atoms with van der Waals surface area (Å²) in [7, 11) is -0.634. The van der Waals surface area contributed by atoms with Gasteiger partial charge in [0.15, 0.2) is 0 Å². The molecule has 18 heavy (non-hydrogen) atoms. The van der Waals surface area contributed by atoms with Crippen molar-refractivity contribution in [1.82, 2.24) is 4.90 Å². The van der Waals surface area contributed by atoms with Crippen LogP contribution in [0.3, 0.4) is 0 Å². The molecular formula is C11H23NO5S. The zero-order chi connectivity index (χ0) is 14.8. The number of carbonyl (C=O) groups is 1. The van der Waals surface area contributed by atoms with Gasteiger partial charge in [0.2, 0.25) is 0 Å². The van der Waals surface area contributed by atoms with Crippen molar-refractivity contribution in [3.63, 3.8) is 0 Å². The van der Waals surface area contributed by atoms with E-state index in [1.165, 1.54) is 4.90 Å². The highest BCUT2D eigenvalue weighted by Crippen LogP contribution is 2.08. The van der Waals surface area contributed by atoms with Crippen LogP contribution in [-0.2, 0) is 19.6 Å². The van der Waals surface area contributed by atoms with Gasteiger partial charge in [-0.05, 0) is 27.4 Å². The molecule has 0 aromatic rings. The van der Waals surface area contributed by atoms with Gasteiger partial charge in [0.05, 0.1) is 6.61 Å². The Morgan fingerprint density at radius 3 is 2.06 bits per heavy atom. The van der Waals surface area contributed by atoms with Crippen LogP contribution in [0.4, 0.5) is 0 Å². The maximum absolute atomic E-state index is 10.7. The SMILES string of the molecule is C=CC(=O)OCC.CCCC(N(C)C)S(=O)(=O)O. The number of nitrogens with zero attached hydrogens (tertiary/aromatic N) is 1. The molecule has 0 rings (SSSR count).